The van der Waals surface area contributed by atoms with Gasteiger partial charge in [-0.2, -0.15) is 0 Å². The van der Waals surface area contributed by atoms with Crippen molar-refractivity contribution < 1.29 is 18.0 Å². The third kappa shape index (κ3) is 6.98. The number of hydrogen-bond donors (Lipinski definition) is 1. The maximum atomic E-state index is 13.9. The van der Waals surface area contributed by atoms with Gasteiger partial charge in [-0.25, -0.2) is 8.42 Å². The summed E-state index contributed by atoms with van der Waals surface area (Å²) in [5.41, 5.74) is 4.04. The van der Waals surface area contributed by atoms with Gasteiger partial charge in [0.2, 0.25) is 11.8 Å². The van der Waals surface area contributed by atoms with Crippen LogP contribution in [0, 0.1) is 20.8 Å². The first-order chi connectivity index (χ1) is 17.5. The summed E-state index contributed by atoms with van der Waals surface area (Å²) in [4.78, 5) is 28.2. The Kier molecular flexibility index (Phi) is 9.10. The molecule has 0 aliphatic heterocycles. The van der Waals surface area contributed by atoms with E-state index in [9.17, 15) is 18.0 Å². The predicted octanol–water partition coefficient (Wildman–Crippen LogP) is 4.36. The Bertz CT molecular complexity index is 1340. The highest BCUT2D eigenvalue weighted by atomic mass is 32.2. The van der Waals surface area contributed by atoms with Gasteiger partial charge in [0.15, 0.2) is 0 Å². The summed E-state index contributed by atoms with van der Waals surface area (Å²) in [6.45, 7) is 9.33. The number of nitrogens with zero attached hydrogens (tertiary/aromatic N) is 2. The van der Waals surface area contributed by atoms with Gasteiger partial charge < -0.3 is 10.2 Å². The molecule has 0 aliphatic rings. The first kappa shape index (κ1) is 27.9. The summed E-state index contributed by atoms with van der Waals surface area (Å²) >= 11 is 0. The third-order valence-corrected chi connectivity index (χ3v) is 7.85. The van der Waals surface area contributed by atoms with Gasteiger partial charge in [0.25, 0.3) is 10.0 Å². The monoisotopic (exact) mass is 521 g/mol. The van der Waals surface area contributed by atoms with Gasteiger partial charge in [0.05, 0.1) is 10.6 Å². The summed E-state index contributed by atoms with van der Waals surface area (Å²) in [5, 5.41) is 2.77. The van der Waals surface area contributed by atoms with E-state index < -0.39 is 28.5 Å². The lowest BCUT2D eigenvalue weighted by Gasteiger charge is -2.32. The molecule has 0 heterocycles. The first-order valence-electron chi connectivity index (χ1n) is 12.3. The second-order valence-electron chi connectivity index (χ2n) is 9.25. The molecule has 0 saturated heterocycles. The predicted molar refractivity (Wildman–Crippen MR) is 147 cm³/mol. The summed E-state index contributed by atoms with van der Waals surface area (Å²) in [6, 6.07) is 20.4. The van der Waals surface area contributed by atoms with Crippen LogP contribution in [0.25, 0.3) is 0 Å². The average molecular weight is 522 g/mol. The number of sulfonamides is 1. The standard InChI is InChI=1S/C29H35N3O4S/c1-6-30-29(34)24(5)31(19-25-12-10-11-21(2)16-25)28(33)20-32(26-17-22(3)15-23(4)18-26)37(35,36)27-13-8-7-9-14-27/h7-18,24H,6,19-20H2,1-5H3,(H,30,34)/t24-/m0/s1. The minimum Gasteiger partial charge on any atom is -0.355 e. The molecule has 3 aromatic carbocycles. The molecule has 8 heteroatoms. The minimum absolute atomic E-state index is 0.0870. The molecular formula is C29H35N3O4S. The summed E-state index contributed by atoms with van der Waals surface area (Å²) in [7, 11) is -4.07. The normalized spacial score (nSPS) is 12.0. The van der Waals surface area contributed by atoms with Gasteiger partial charge in [0, 0.05) is 13.1 Å². The average Bonchev–Trinajstić information content (AvgIpc) is 2.85. The quantitative estimate of drug-likeness (QED) is 0.430. The van der Waals surface area contributed by atoms with E-state index in [1.54, 1.807) is 37.3 Å². The smallest absolute Gasteiger partial charge is 0.264 e. The molecule has 0 aliphatic carbocycles. The molecule has 1 N–H and O–H groups in total. The van der Waals surface area contributed by atoms with E-state index >= 15 is 0 Å². The molecule has 0 spiro atoms. The molecule has 37 heavy (non-hydrogen) atoms. The Balaban J connectivity index is 2.05. The van der Waals surface area contributed by atoms with Gasteiger partial charge in [-0.05, 0) is 75.6 Å². The van der Waals surface area contributed by atoms with Gasteiger partial charge >= 0.3 is 0 Å². The van der Waals surface area contributed by atoms with E-state index in [-0.39, 0.29) is 17.3 Å². The van der Waals surface area contributed by atoms with Crippen LogP contribution in [0.15, 0.2) is 77.7 Å². The number of nitrogens with one attached hydrogen (secondary N) is 1. The molecular weight excluding hydrogens is 486 g/mol. The lowest BCUT2D eigenvalue weighted by molar-refractivity contribution is -0.139. The number of aryl methyl sites for hydroxylation is 3. The Morgan fingerprint density at radius 3 is 2.11 bits per heavy atom. The van der Waals surface area contributed by atoms with Gasteiger partial charge in [0.1, 0.15) is 12.6 Å². The van der Waals surface area contributed by atoms with Crippen LogP contribution >= 0.6 is 0 Å². The zero-order valence-corrected chi connectivity index (χ0v) is 22.9. The molecule has 0 aromatic heterocycles. The van der Waals surface area contributed by atoms with Crippen LogP contribution in [0.1, 0.15) is 36.1 Å². The van der Waals surface area contributed by atoms with Crippen LogP contribution in [-0.2, 0) is 26.2 Å². The molecule has 7 nitrogen and oxygen atoms in total. The number of amides is 2. The van der Waals surface area contributed by atoms with E-state index in [0.717, 1.165) is 26.6 Å². The van der Waals surface area contributed by atoms with Crippen molar-refractivity contribution in [2.75, 3.05) is 17.4 Å². The number of carbonyl (C=O) groups excluding carboxylic acids is 2. The van der Waals surface area contributed by atoms with E-state index in [4.69, 9.17) is 0 Å². The van der Waals surface area contributed by atoms with Crippen molar-refractivity contribution in [3.05, 3.63) is 95.1 Å². The van der Waals surface area contributed by atoms with E-state index in [1.807, 2.05) is 58.0 Å². The van der Waals surface area contributed by atoms with Crippen LogP contribution in [0.5, 0.6) is 0 Å². The largest absolute Gasteiger partial charge is 0.355 e. The lowest BCUT2D eigenvalue weighted by Crippen LogP contribution is -2.51. The van der Waals surface area contributed by atoms with Crippen LogP contribution in [0.2, 0.25) is 0 Å². The van der Waals surface area contributed by atoms with Crippen molar-refractivity contribution >= 4 is 27.5 Å². The molecule has 3 aromatic rings. The highest BCUT2D eigenvalue weighted by Gasteiger charge is 2.32. The third-order valence-electron chi connectivity index (χ3n) is 6.06. The van der Waals surface area contributed by atoms with E-state index in [2.05, 4.69) is 5.32 Å². The fourth-order valence-electron chi connectivity index (χ4n) is 4.25. The number of likely N-dealkylation sites (N-methyl/N-ethyl adjacent to an activating group) is 1. The molecule has 1 atom stereocenters. The fraction of sp³-hybridized carbons (Fsp3) is 0.310. The summed E-state index contributed by atoms with van der Waals surface area (Å²) in [5.74, 6) is -0.772. The van der Waals surface area contributed by atoms with Crippen LogP contribution < -0.4 is 9.62 Å². The van der Waals surface area contributed by atoms with Gasteiger partial charge in [-0.15, -0.1) is 0 Å². The fourth-order valence-corrected chi connectivity index (χ4v) is 5.67. The topological polar surface area (TPSA) is 86.8 Å². The SMILES string of the molecule is CCNC(=O)[C@H](C)N(Cc1cccc(C)c1)C(=O)CN(c1cc(C)cc(C)c1)S(=O)(=O)c1ccccc1. The second kappa shape index (κ2) is 12.1. The van der Waals surface area contributed by atoms with Crippen LogP contribution in [-0.4, -0.2) is 44.3 Å². The van der Waals surface area contributed by atoms with Crippen LogP contribution in [0.4, 0.5) is 5.69 Å². The summed E-state index contributed by atoms with van der Waals surface area (Å²) < 4.78 is 28.7. The van der Waals surface area contributed by atoms with Crippen LogP contribution in [0.3, 0.4) is 0 Å². The Labute approximate surface area is 220 Å². The van der Waals surface area contributed by atoms with Crippen molar-refractivity contribution in [1.29, 1.82) is 0 Å². The summed E-state index contributed by atoms with van der Waals surface area (Å²) in [6.07, 6.45) is 0. The molecule has 0 bridgehead atoms. The molecule has 0 saturated carbocycles. The maximum Gasteiger partial charge on any atom is 0.264 e. The van der Waals surface area contributed by atoms with Crippen molar-refractivity contribution in [1.82, 2.24) is 10.2 Å². The van der Waals surface area contributed by atoms with Crippen molar-refractivity contribution in [3.8, 4) is 0 Å². The lowest BCUT2D eigenvalue weighted by atomic mass is 10.1. The Hall–Kier alpha value is -3.65. The molecule has 0 radical (unpaired) electrons. The molecule has 0 unspecified atom stereocenters. The van der Waals surface area contributed by atoms with E-state index in [1.165, 1.54) is 17.0 Å². The van der Waals surface area contributed by atoms with Gasteiger partial charge in [-0.1, -0.05) is 54.1 Å². The molecule has 2 amide bonds. The zero-order chi connectivity index (χ0) is 27.2. The Morgan fingerprint density at radius 1 is 0.865 bits per heavy atom. The second-order valence-corrected chi connectivity index (χ2v) is 11.1. The number of benzene rings is 3. The highest BCUT2D eigenvalue weighted by Crippen LogP contribution is 2.26. The van der Waals surface area contributed by atoms with Crippen molar-refractivity contribution in [2.24, 2.45) is 0 Å². The number of rotatable bonds is 10. The first-order valence-corrected chi connectivity index (χ1v) is 13.8. The Morgan fingerprint density at radius 2 is 1.51 bits per heavy atom. The maximum absolute atomic E-state index is 13.9. The molecule has 3 rings (SSSR count). The van der Waals surface area contributed by atoms with Gasteiger partial charge in [-0.3, -0.25) is 13.9 Å². The zero-order valence-electron chi connectivity index (χ0n) is 22.1. The number of hydrogen-bond acceptors (Lipinski definition) is 4. The number of anilines is 1. The van der Waals surface area contributed by atoms with E-state index in [0.29, 0.717) is 12.2 Å². The molecule has 196 valence electrons. The minimum atomic E-state index is -4.07. The van der Waals surface area contributed by atoms with Crippen molar-refractivity contribution in [3.63, 3.8) is 0 Å². The molecule has 0 fully saturated rings. The van der Waals surface area contributed by atoms with Crippen molar-refractivity contribution in [2.45, 2.75) is 52.1 Å². The highest BCUT2D eigenvalue weighted by molar-refractivity contribution is 7.92. The number of carbonyl (C=O) groups is 2.